The Morgan fingerprint density at radius 2 is 1.88 bits per heavy atom. The number of anilines is 1. The van der Waals surface area contributed by atoms with Crippen LogP contribution >= 0.6 is 0 Å². The van der Waals surface area contributed by atoms with Gasteiger partial charge in [0.15, 0.2) is 0 Å². The molecular formula is C7H6KNO6S. The standard InChI is InChI=1S/C7H7NO6S.K/c8-3-1-4(7(10)11)6(9)5(2-3)15(12,13)14;/h1-2,9H,8H2,(H,10,11)(H,12,13,14);/q;+1/p-1. The van der Waals surface area contributed by atoms with Crippen LogP contribution in [0.3, 0.4) is 0 Å². The summed E-state index contributed by atoms with van der Waals surface area (Å²) in [5, 5.41) is 19.8. The van der Waals surface area contributed by atoms with E-state index in [0.717, 1.165) is 6.07 Å². The van der Waals surface area contributed by atoms with Gasteiger partial charge in [-0.15, -0.1) is 0 Å². The average Bonchev–Trinajstić information content (AvgIpc) is 2.06. The van der Waals surface area contributed by atoms with Gasteiger partial charge in [-0.2, -0.15) is 8.42 Å². The van der Waals surface area contributed by atoms with Gasteiger partial charge in [0.05, 0.1) is 10.5 Å². The van der Waals surface area contributed by atoms with Crippen molar-refractivity contribution in [2.45, 2.75) is 4.90 Å². The third-order valence-electron chi connectivity index (χ3n) is 1.59. The largest absolute Gasteiger partial charge is 1.00 e. The maximum Gasteiger partial charge on any atom is 1.00 e. The van der Waals surface area contributed by atoms with Crippen LogP contribution in [0.1, 0.15) is 10.4 Å². The second-order valence-corrected chi connectivity index (χ2v) is 4.07. The minimum Gasteiger partial charge on any atom is -0.871 e. The molecular weight excluding hydrogens is 265 g/mol. The summed E-state index contributed by atoms with van der Waals surface area (Å²) in [7, 11) is -4.77. The van der Waals surface area contributed by atoms with Crippen LogP contribution in [0, 0.1) is 0 Å². The van der Waals surface area contributed by atoms with Gasteiger partial charge in [0.2, 0.25) is 0 Å². The number of carboxylic acid groups (broad SMARTS) is 1. The van der Waals surface area contributed by atoms with Crippen LogP contribution in [0.5, 0.6) is 5.75 Å². The van der Waals surface area contributed by atoms with Gasteiger partial charge in [0, 0.05) is 5.69 Å². The first kappa shape index (κ1) is 15.8. The fourth-order valence-electron chi connectivity index (χ4n) is 0.974. The SMILES string of the molecule is Nc1cc(C(=O)O)c([O-])c(S(=O)(=O)O)c1.[K+]. The Morgan fingerprint density at radius 3 is 2.25 bits per heavy atom. The fraction of sp³-hybridized carbons (Fsp3) is 0. The minimum atomic E-state index is -4.77. The molecule has 0 fully saturated rings. The summed E-state index contributed by atoms with van der Waals surface area (Å²) in [5.41, 5.74) is 4.15. The van der Waals surface area contributed by atoms with E-state index in [0.29, 0.717) is 6.07 Å². The first-order chi connectivity index (χ1) is 6.73. The van der Waals surface area contributed by atoms with Gasteiger partial charge >= 0.3 is 57.4 Å². The van der Waals surface area contributed by atoms with Crippen LogP contribution in [0.4, 0.5) is 5.69 Å². The predicted molar refractivity (Wildman–Crippen MR) is 47.1 cm³/mol. The monoisotopic (exact) mass is 271 g/mol. The summed E-state index contributed by atoms with van der Waals surface area (Å²) in [6.45, 7) is 0. The van der Waals surface area contributed by atoms with E-state index >= 15 is 0 Å². The van der Waals surface area contributed by atoms with Crippen LogP contribution < -0.4 is 62.2 Å². The van der Waals surface area contributed by atoms with Crippen molar-refractivity contribution in [3.05, 3.63) is 17.7 Å². The van der Waals surface area contributed by atoms with Gasteiger partial charge < -0.3 is 15.9 Å². The molecule has 0 amide bonds. The number of hydrogen-bond acceptors (Lipinski definition) is 5. The number of hydrogen-bond donors (Lipinski definition) is 3. The molecule has 7 nitrogen and oxygen atoms in total. The molecule has 16 heavy (non-hydrogen) atoms. The van der Waals surface area contributed by atoms with Crippen molar-refractivity contribution >= 4 is 21.8 Å². The Hall–Kier alpha value is -0.164. The molecule has 1 rings (SSSR count). The molecule has 0 aromatic heterocycles. The summed E-state index contributed by atoms with van der Waals surface area (Å²) < 4.78 is 30.0. The van der Waals surface area contributed by atoms with Gasteiger partial charge in [0.1, 0.15) is 0 Å². The molecule has 9 heteroatoms. The van der Waals surface area contributed by atoms with Crippen molar-refractivity contribution in [3.8, 4) is 5.75 Å². The summed E-state index contributed by atoms with van der Waals surface area (Å²) in [6, 6.07) is 1.52. The van der Waals surface area contributed by atoms with Gasteiger partial charge in [-0.25, -0.2) is 4.79 Å². The number of rotatable bonds is 2. The van der Waals surface area contributed by atoms with Crippen molar-refractivity contribution in [1.82, 2.24) is 0 Å². The number of carbonyl (C=O) groups is 1. The Bertz CT molecular complexity index is 526. The molecule has 0 atom stereocenters. The summed E-state index contributed by atoms with van der Waals surface area (Å²) in [6.07, 6.45) is 0. The molecule has 1 aromatic carbocycles. The first-order valence-electron chi connectivity index (χ1n) is 3.55. The van der Waals surface area contributed by atoms with E-state index in [2.05, 4.69) is 0 Å². The van der Waals surface area contributed by atoms with Crippen molar-refractivity contribution in [3.63, 3.8) is 0 Å². The van der Waals surface area contributed by atoms with E-state index in [9.17, 15) is 18.3 Å². The number of nitrogen functional groups attached to an aromatic ring is 1. The predicted octanol–water partition coefficient (Wildman–Crippen LogP) is -3.71. The molecule has 1 aromatic rings. The molecule has 0 bridgehead atoms. The molecule has 0 aliphatic rings. The van der Waals surface area contributed by atoms with Crippen LogP contribution in [0.2, 0.25) is 0 Å². The molecule has 0 aliphatic heterocycles. The first-order valence-corrected chi connectivity index (χ1v) is 4.99. The zero-order valence-corrected chi connectivity index (χ0v) is 12.1. The molecule has 4 N–H and O–H groups in total. The Balaban J connectivity index is 0.00000225. The summed E-state index contributed by atoms with van der Waals surface area (Å²) >= 11 is 0. The third kappa shape index (κ3) is 3.42. The molecule has 0 spiro atoms. The number of benzene rings is 1. The second-order valence-electron chi connectivity index (χ2n) is 2.68. The summed E-state index contributed by atoms with van der Waals surface area (Å²) in [5.74, 6) is -2.91. The second kappa shape index (κ2) is 5.45. The average molecular weight is 271 g/mol. The zero-order chi connectivity index (χ0) is 11.8. The molecule has 0 heterocycles. The van der Waals surface area contributed by atoms with Crippen molar-refractivity contribution in [2.75, 3.05) is 5.73 Å². The van der Waals surface area contributed by atoms with Gasteiger partial charge in [-0.1, -0.05) is 5.75 Å². The van der Waals surface area contributed by atoms with Crippen LogP contribution in [0.15, 0.2) is 17.0 Å². The normalized spacial score (nSPS) is 10.6. The van der Waals surface area contributed by atoms with Crippen molar-refractivity contribution < 1.29 is 79.4 Å². The molecule has 82 valence electrons. The Kier molecular flexibility index (Phi) is 5.39. The Morgan fingerprint density at radius 1 is 1.38 bits per heavy atom. The molecule has 0 radical (unpaired) electrons. The van der Waals surface area contributed by atoms with Crippen molar-refractivity contribution in [2.24, 2.45) is 0 Å². The van der Waals surface area contributed by atoms with Crippen LogP contribution in [-0.4, -0.2) is 24.0 Å². The van der Waals surface area contributed by atoms with E-state index in [1.54, 1.807) is 0 Å². The van der Waals surface area contributed by atoms with E-state index in [1.807, 2.05) is 0 Å². The van der Waals surface area contributed by atoms with E-state index < -0.39 is 32.3 Å². The van der Waals surface area contributed by atoms with Gasteiger partial charge in [-0.3, -0.25) is 4.55 Å². The number of nitrogens with two attached hydrogens (primary N) is 1. The number of carboxylic acids is 1. The molecule has 0 saturated carbocycles. The fourth-order valence-corrected chi connectivity index (χ4v) is 1.60. The zero-order valence-electron chi connectivity index (χ0n) is 8.17. The van der Waals surface area contributed by atoms with E-state index in [1.165, 1.54) is 0 Å². The maximum absolute atomic E-state index is 11.2. The molecule has 0 unspecified atom stereocenters. The minimum absolute atomic E-state index is 0. The van der Waals surface area contributed by atoms with E-state index in [4.69, 9.17) is 15.4 Å². The quantitative estimate of drug-likeness (QED) is 0.285. The van der Waals surface area contributed by atoms with Gasteiger partial charge in [0.25, 0.3) is 10.1 Å². The maximum atomic E-state index is 11.2. The van der Waals surface area contributed by atoms with Crippen molar-refractivity contribution in [1.29, 1.82) is 0 Å². The topological polar surface area (TPSA) is 141 Å². The van der Waals surface area contributed by atoms with Gasteiger partial charge in [-0.05, 0) is 12.1 Å². The van der Waals surface area contributed by atoms with Crippen LogP contribution in [-0.2, 0) is 10.1 Å². The van der Waals surface area contributed by atoms with E-state index in [-0.39, 0.29) is 57.1 Å². The smallest absolute Gasteiger partial charge is 0.871 e. The molecule has 0 saturated heterocycles. The molecule has 0 aliphatic carbocycles. The van der Waals surface area contributed by atoms with Crippen LogP contribution in [0.25, 0.3) is 0 Å². The number of aromatic carboxylic acids is 1. The third-order valence-corrected chi connectivity index (χ3v) is 2.44. The summed E-state index contributed by atoms with van der Waals surface area (Å²) in [4.78, 5) is 9.48. The Labute approximate surface area is 133 Å².